The molecule has 0 bridgehead atoms. The first kappa shape index (κ1) is 54.3. The lowest BCUT2D eigenvalue weighted by Crippen LogP contribution is -1.95. The summed E-state index contributed by atoms with van der Waals surface area (Å²) in [6.07, 6.45) is 0. The standard InChI is InChI=1S/C48H30O2.C40H24N2O2/c1-5-13-31(14-6-1)35-21-23-43-41(28-35)46-45(49-43)30-40(48-47(46)42-29-36(22-24-44(42)50-48)32-15-7-2-8-16-32)39-26-37(33-17-9-3-10-18-33)25-38(27-39)34-19-11-4-12-20-34;1-4-10-25(11-5-1)28-16-18-34-30(22-28)38-36(43-34)20-21-37-39(38)31-23-29(17-19-35(31)44-37)33-24-32(26-12-6-2-7-13-26)41-40(42-33)27-14-8-3-9-15-27/h1-30H;1-24H. The smallest absolute Gasteiger partial charge is 0.160 e. The van der Waals surface area contributed by atoms with Gasteiger partial charge in [0.2, 0.25) is 0 Å². The molecule has 0 aliphatic rings. The Morgan fingerprint density at radius 3 is 0.926 bits per heavy atom. The first-order valence-corrected chi connectivity index (χ1v) is 31.7. The van der Waals surface area contributed by atoms with Crippen molar-refractivity contribution in [1.82, 2.24) is 9.97 Å². The SMILES string of the molecule is c1ccc(-c2cc(-c3ccccc3)cc(-c3cc4oc5ccc(-c6ccccc6)cc5c4c4c3oc3ccc(-c5ccccc5)cc34)c2)cc1.c1ccc(-c2ccc3oc4ccc5oc6ccc(-c7cc(-c8ccccc8)nc(-c8ccccc8)n7)cc6c5c4c3c2)cc1. The van der Waals surface area contributed by atoms with Crippen molar-refractivity contribution in [2.24, 2.45) is 0 Å². The molecule has 0 aliphatic heterocycles. The fourth-order valence-electron chi connectivity index (χ4n) is 13.6. The van der Waals surface area contributed by atoms with Crippen LogP contribution in [0.3, 0.4) is 0 Å². The molecule has 19 rings (SSSR count). The summed E-state index contributed by atoms with van der Waals surface area (Å²) in [7, 11) is 0. The molecule has 0 saturated heterocycles. The molecule has 5 aromatic heterocycles. The Kier molecular flexibility index (Phi) is 13.1. The summed E-state index contributed by atoms with van der Waals surface area (Å²) >= 11 is 0. The fraction of sp³-hybridized carbons (Fsp3) is 0. The van der Waals surface area contributed by atoms with Crippen molar-refractivity contribution in [2.75, 3.05) is 0 Å². The summed E-state index contributed by atoms with van der Waals surface area (Å²) in [4.78, 5) is 10.0. The van der Waals surface area contributed by atoms with Crippen molar-refractivity contribution in [3.8, 4) is 101 Å². The Hall–Kier alpha value is -12.6. The third-order valence-corrected chi connectivity index (χ3v) is 18.1. The number of benzene rings is 14. The molecule has 6 heteroatoms. The Bertz CT molecular complexity index is 5940. The minimum absolute atomic E-state index is 0.691. The molecule has 5 heterocycles. The first-order chi connectivity index (χ1) is 46.5. The fourth-order valence-corrected chi connectivity index (χ4v) is 13.6. The molecule has 94 heavy (non-hydrogen) atoms. The molecule has 0 fully saturated rings. The molecule has 0 radical (unpaired) electrons. The largest absolute Gasteiger partial charge is 0.456 e. The molecule has 6 nitrogen and oxygen atoms in total. The van der Waals surface area contributed by atoms with Crippen LogP contribution in [0.15, 0.2) is 345 Å². The molecule has 0 spiro atoms. The van der Waals surface area contributed by atoms with Crippen LogP contribution in [0.4, 0.5) is 0 Å². The number of aromatic nitrogens is 2. The van der Waals surface area contributed by atoms with Crippen LogP contribution in [0.5, 0.6) is 0 Å². The third kappa shape index (κ3) is 9.68. The van der Waals surface area contributed by atoms with E-state index in [4.69, 9.17) is 27.6 Å². The summed E-state index contributed by atoms with van der Waals surface area (Å²) in [6, 6.07) is 114. The lowest BCUT2D eigenvalue weighted by Gasteiger charge is -2.12. The second-order valence-corrected chi connectivity index (χ2v) is 23.9. The molecule has 0 aliphatic carbocycles. The van der Waals surface area contributed by atoms with Crippen LogP contribution in [0, 0.1) is 0 Å². The van der Waals surface area contributed by atoms with Crippen molar-refractivity contribution >= 4 is 87.8 Å². The van der Waals surface area contributed by atoms with Gasteiger partial charge in [0.1, 0.15) is 44.7 Å². The molecule has 19 aromatic rings. The van der Waals surface area contributed by atoms with Gasteiger partial charge in [-0.15, -0.1) is 0 Å². The Balaban J connectivity index is 0.000000139. The average Bonchev–Trinajstić information content (AvgIpc) is 1.57. The number of nitrogens with zero attached hydrogens (tertiary/aromatic N) is 2. The zero-order chi connectivity index (χ0) is 62.1. The van der Waals surface area contributed by atoms with Gasteiger partial charge in [-0.3, -0.25) is 0 Å². The molecule has 14 aromatic carbocycles. The maximum absolute atomic E-state index is 6.92. The van der Waals surface area contributed by atoms with E-state index in [1.165, 1.54) is 16.7 Å². The Morgan fingerprint density at radius 2 is 0.489 bits per heavy atom. The van der Waals surface area contributed by atoms with E-state index in [0.29, 0.717) is 5.82 Å². The average molecular weight is 1200 g/mol. The van der Waals surface area contributed by atoms with Crippen LogP contribution < -0.4 is 0 Å². The van der Waals surface area contributed by atoms with E-state index >= 15 is 0 Å². The van der Waals surface area contributed by atoms with Gasteiger partial charge in [-0.2, -0.15) is 0 Å². The highest BCUT2D eigenvalue weighted by atomic mass is 16.3. The van der Waals surface area contributed by atoms with Crippen molar-refractivity contribution in [3.05, 3.63) is 328 Å². The predicted molar refractivity (Wildman–Crippen MR) is 387 cm³/mol. The van der Waals surface area contributed by atoms with Crippen molar-refractivity contribution < 1.29 is 17.7 Å². The van der Waals surface area contributed by atoms with Gasteiger partial charge in [-0.25, -0.2) is 9.97 Å². The van der Waals surface area contributed by atoms with E-state index in [1.54, 1.807) is 0 Å². The lowest BCUT2D eigenvalue weighted by atomic mass is 9.91. The number of fused-ring (bicyclic) bond motifs is 14. The van der Waals surface area contributed by atoms with Crippen LogP contribution in [-0.2, 0) is 0 Å². The van der Waals surface area contributed by atoms with Crippen LogP contribution in [0.2, 0.25) is 0 Å². The van der Waals surface area contributed by atoms with Crippen LogP contribution >= 0.6 is 0 Å². The minimum Gasteiger partial charge on any atom is -0.456 e. The van der Waals surface area contributed by atoms with Crippen molar-refractivity contribution in [2.45, 2.75) is 0 Å². The number of hydrogen-bond acceptors (Lipinski definition) is 6. The quantitative estimate of drug-likeness (QED) is 0.143. The molecule has 0 unspecified atom stereocenters. The molecule has 0 amide bonds. The maximum Gasteiger partial charge on any atom is 0.160 e. The van der Waals surface area contributed by atoms with Crippen LogP contribution in [0.25, 0.3) is 188 Å². The summed E-state index contributed by atoms with van der Waals surface area (Å²) in [6.45, 7) is 0. The Morgan fingerprint density at radius 1 is 0.181 bits per heavy atom. The van der Waals surface area contributed by atoms with Crippen molar-refractivity contribution in [3.63, 3.8) is 0 Å². The third-order valence-electron chi connectivity index (χ3n) is 18.1. The summed E-state index contributed by atoms with van der Waals surface area (Å²) in [5.41, 5.74) is 25.2. The highest BCUT2D eigenvalue weighted by Crippen LogP contribution is 2.48. The second-order valence-electron chi connectivity index (χ2n) is 23.9. The molecular formula is C88H54N2O4. The normalized spacial score (nSPS) is 11.6. The molecule has 0 saturated carbocycles. The topological polar surface area (TPSA) is 78.3 Å². The highest BCUT2D eigenvalue weighted by Gasteiger charge is 2.24. The monoisotopic (exact) mass is 1200 g/mol. The maximum atomic E-state index is 6.92. The zero-order valence-corrected chi connectivity index (χ0v) is 50.7. The zero-order valence-electron chi connectivity index (χ0n) is 50.7. The van der Waals surface area contributed by atoms with Crippen LogP contribution in [0.1, 0.15) is 0 Å². The van der Waals surface area contributed by atoms with E-state index in [9.17, 15) is 0 Å². The second kappa shape index (κ2) is 22.7. The minimum atomic E-state index is 0.691. The molecule has 0 N–H and O–H groups in total. The Labute approximate surface area is 540 Å². The number of hydrogen-bond donors (Lipinski definition) is 0. The molecule has 440 valence electrons. The van der Waals surface area contributed by atoms with E-state index in [2.05, 4.69) is 255 Å². The van der Waals surface area contributed by atoms with Gasteiger partial charge in [0.15, 0.2) is 5.82 Å². The van der Waals surface area contributed by atoms with Crippen LogP contribution in [-0.4, -0.2) is 9.97 Å². The highest BCUT2D eigenvalue weighted by molar-refractivity contribution is 6.29. The van der Waals surface area contributed by atoms with Gasteiger partial charge in [-0.05, 0) is 158 Å². The van der Waals surface area contributed by atoms with E-state index in [1.807, 2.05) is 72.8 Å². The molecule has 0 atom stereocenters. The van der Waals surface area contributed by atoms with E-state index in [-0.39, 0.29) is 0 Å². The summed E-state index contributed by atoms with van der Waals surface area (Å²) in [5, 5.41) is 8.49. The van der Waals surface area contributed by atoms with Crippen molar-refractivity contribution in [1.29, 1.82) is 0 Å². The number of furan rings is 4. The number of rotatable bonds is 9. The summed E-state index contributed by atoms with van der Waals surface area (Å²) < 4.78 is 26.4. The van der Waals surface area contributed by atoms with Gasteiger partial charge >= 0.3 is 0 Å². The first-order valence-electron chi connectivity index (χ1n) is 31.7. The van der Waals surface area contributed by atoms with Gasteiger partial charge in [-0.1, -0.05) is 231 Å². The van der Waals surface area contributed by atoms with Gasteiger partial charge in [0, 0.05) is 65.3 Å². The lowest BCUT2D eigenvalue weighted by molar-refractivity contribution is 0.663. The molecular weight excluding hydrogens is 1150 g/mol. The summed E-state index contributed by atoms with van der Waals surface area (Å²) in [5.74, 6) is 0.691. The van der Waals surface area contributed by atoms with E-state index < -0.39 is 0 Å². The van der Waals surface area contributed by atoms with E-state index in [0.717, 1.165) is 166 Å². The van der Waals surface area contributed by atoms with Gasteiger partial charge in [0.25, 0.3) is 0 Å². The van der Waals surface area contributed by atoms with Gasteiger partial charge < -0.3 is 17.7 Å². The van der Waals surface area contributed by atoms with Gasteiger partial charge in [0.05, 0.1) is 11.4 Å². The predicted octanol–water partition coefficient (Wildman–Crippen LogP) is 24.8.